The summed E-state index contributed by atoms with van der Waals surface area (Å²) in [6, 6.07) is 5.27. The Morgan fingerprint density at radius 1 is 1.41 bits per heavy atom. The van der Waals surface area contributed by atoms with Crippen LogP contribution in [0.15, 0.2) is 22.7 Å². The monoisotopic (exact) mass is 372 g/mol. The van der Waals surface area contributed by atoms with E-state index in [1.807, 2.05) is 0 Å². The molecule has 2 amide bonds. The fourth-order valence-corrected chi connectivity index (χ4v) is 2.02. The van der Waals surface area contributed by atoms with Gasteiger partial charge in [-0.1, -0.05) is 0 Å². The zero-order chi connectivity index (χ0) is 16.5. The number of aliphatic hydroxyl groups excluding tert-OH is 1. The van der Waals surface area contributed by atoms with Gasteiger partial charge < -0.3 is 20.5 Å². The molecule has 1 aromatic carbocycles. The maximum Gasteiger partial charge on any atom is 0.221 e. The van der Waals surface area contributed by atoms with Crippen molar-refractivity contribution in [3.63, 3.8) is 0 Å². The molecule has 1 rings (SSSR count). The molecule has 1 atom stereocenters. The Balaban J connectivity index is 2.38. The van der Waals surface area contributed by atoms with Crippen molar-refractivity contribution in [1.29, 1.82) is 0 Å². The van der Waals surface area contributed by atoms with Crippen LogP contribution in [0.1, 0.15) is 26.7 Å². The number of hydrogen-bond donors (Lipinski definition) is 3. The largest absolute Gasteiger partial charge is 0.492 e. The summed E-state index contributed by atoms with van der Waals surface area (Å²) in [5, 5.41) is 14.4. The SMILES string of the molecule is CC(=O)Nc1ccc(Br)c(OCCCC(=O)NCC(C)O)c1. The van der Waals surface area contributed by atoms with Crippen molar-refractivity contribution in [2.75, 3.05) is 18.5 Å². The number of ether oxygens (including phenoxy) is 1. The molecule has 0 heterocycles. The van der Waals surface area contributed by atoms with Gasteiger partial charge in [0, 0.05) is 31.6 Å². The maximum atomic E-state index is 11.5. The number of hydrogen-bond acceptors (Lipinski definition) is 4. The van der Waals surface area contributed by atoms with E-state index < -0.39 is 6.10 Å². The molecule has 0 aliphatic rings. The number of carbonyl (C=O) groups excluding carboxylic acids is 2. The van der Waals surface area contributed by atoms with E-state index >= 15 is 0 Å². The molecule has 0 aromatic heterocycles. The molecule has 0 aliphatic heterocycles. The van der Waals surface area contributed by atoms with Gasteiger partial charge in [-0.3, -0.25) is 9.59 Å². The number of amides is 2. The molecular formula is C15H21BrN2O4. The first kappa shape index (κ1) is 18.4. The lowest BCUT2D eigenvalue weighted by atomic mass is 10.3. The molecule has 0 bridgehead atoms. The number of rotatable bonds is 8. The Morgan fingerprint density at radius 2 is 2.14 bits per heavy atom. The first-order valence-electron chi connectivity index (χ1n) is 7.03. The van der Waals surface area contributed by atoms with Gasteiger partial charge in [0.1, 0.15) is 5.75 Å². The average Bonchev–Trinajstić information content (AvgIpc) is 2.44. The number of benzene rings is 1. The van der Waals surface area contributed by atoms with Crippen molar-refractivity contribution in [1.82, 2.24) is 5.32 Å². The molecule has 0 radical (unpaired) electrons. The molecule has 6 nitrogen and oxygen atoms in total. The number of anilines is 1. The van der Waals surface area contributed by atoms with Crippen LogP contribution in [0.5, 0.6) is 5.75 Å². The zero-order valence-corrected chi connectivity index (χ0v) is 14.3. The smallest absolute Gasteiger partial charge is 0.221 e. The van der Waals surface area contributed by atoms with Gasteiger partial charge in [-0.2, -0.15) is 0 Å². The minimum absolute atomic E-state index is 0.115. The number of aliphatic hydroxyl groups is 1. The zero-order valence-electron chi connectivity index (χ0n) is 12.7. The van der Waals surface area contributed by atoms with Crippen LogP contribution < -0.4 is 15.4 Å². The van der Waals surface area contributed by atoms with E-state index in [1.54, 1.807) is 25.1 Å². The summed E-state index contributed by atoms with van der Waals surface area (Å²) in [7, 11) is 0. The summed E-state index contributed by atoms with van der Waals surface area (Å²) in [5.41, 5.74) is 0.653. The third-order valence-corrected chi connectivity index (χ3v) is 3.31. The van der Waals surface area contributed by atoms with E-state index in [0.717, 1.165) is 4.47 Å². The lowest BCUT2D eigenvalue weighted by Gasteiger charge is -2.11. The molecule has 0 saturated carbocycles. The van der Waals surface area contributed by atoms with Crippen molar-refractivity contribution in [2.24, 2.45) is 0 Å². The minimum Gasteiger partial charge on any atom is -0.492 e. The molecule has 22 heavy (non-hydrogen) atoms. The van der Waals surface area contributed by atoms with Crippen LogP contribution >= 0.6 is 15.9 Å². The van der Waals surface area contributed by atoms with E-state index in [2.05, 4.69) is 26.6 Å². The molecule has 7 heteroatoms. The standard InChI is InChI=1S/C15H21BrN2O4/c1-10(19)9-17-15(21)4-3-7-22-14-8-12(18-11(2)20)5-6-13(14)16/h5-6,8,10,19H,3-4,7,9H2,1-2H3,(H,17,21)(H,18,20). The molecule has 1 aromatic rings. The highest BCUT2D eigenvalue weighted by atomic mass is 79.9. The summed E-state index contributed by atoms with van der Waals surface area (Å²) >= 11 is 3.37. The van der Waals surface area contributed by atoms with Gasteiger partial charge in [-0.15, -0.1) is 0 Å². The van der Waals surface area contributed by atoms with Crippen LogP contribution in [0.25, 0.3) is 0 Å². The third-order valence-electron chi connectivity index (χ3n) is 2.65. The second-order valence-electron chi connectivity index (χ2n) is 4.93. The Hall–Kier alpha value is -1.60. The molecule has 3 N–H and O–H groups in total. The molecule has 0 aliphatic carbocycles. The van der Waals surface area contributed by atoms with Gasteiger partial charge in [-0.05, 0) is 41.4 Å². The van der Waals surface area contributed by atoms with Crippen LogP contribution in [-0.4, -0.2) is 36.2 Å². The van der Waals surface area contributed by atoms with Crippen molar-refractivity contribution < 1.29 is 19.4 Å². The van der Waals surface area contributed by atoms with E-state index in [4.69, 9.17) is 9.84 Å². The summed E-state index contributed by atoms with van der Waals surface area (Å²) in [5.74, 6) is 0.342. The highest BCUT2D eigenvalue weighted by Gasteiger charge is 2.06. The first-order valence-corrected chi connectivity index (χ1v) is 7.82. The fourth-order valence-electron chi connectivity index (χ4n) is 1.66. The quantitative estimate of drug-likeness (QED) is 0.609. The third kappa shape index (κ3) is 7.42. The predicted molar refractivity (Wildman–Crippen MR) is 87.9 cm³/mol. The van der Waals surface area contributed by atoms with Crippen molar-refractivity contribution in [3.8, 4) is 5.75 Å². The highest BCUT2D eigenvalue weighted by molar-refractivity contribution is 9.10. The van der Waals surface area contributed by atoms with Gasteiger partial charge in [0.2, 0.25) is 11.8 Å². The molecule has 122 valence electrons. The summed E-state index contributed by atoms with van der Waals surface area (Å²) < 4.78 is 6.39. The number of carbonyl (C=O) groups is 2. The number of nitrogens with one attached hydrogen (secondary N) is 2. The van der Waals surface area contributed by atoms with Crippen LogP contribution in [-0.2, 0) is 9.59 Å². The van der Waals surface area contributed by atoms with Gasteiger partial charge >= 0.3 is 0 Å². The van der Waals surface area contributed by atoms with Gasteiger partial charge in [0.25, 0.3) is 0 Å². The Kier molecular flexibility index (Phi) is 7.90. The lowest BCUT2D eigenvalue weighted by molar-refractivity contribution is -0.121. The number of halogens is 1. The van der Waals surface area contributed by atoms with Crippen molar-refractivity contribution in [3.05, 3.63) is 22.7 Å². The van der Waals surface area contributed by atoms with Crippen LogP contribution in [0, 0.1) is 0 Å². The highest BCUT2D eigenvalue weighted by Crippen LogP contribution is 2.28. The normalized spacial score (nSPS) is 11.6. The summed E-state index contributed by atoms with van der Waals surface area (Å²) in [6.45, 7) is 3.69. The van der Waals surface area contributed by atoms with Gasteiger partial charge in [0.15, 0.2) is 0 Å². The van der Waals surface area contributed by atoms with E-state index in [9.17, 15) is 9.59 Å². The maximum absolute atomic E-state index is 11.5. The fraction of sp³-hybridized carbons (Fsp3) is 0.467. The van der Waals surface area contributed by atoms with E-state index in [-0.39, 0.29) is 18.4 Å². The van der Waals surface area contributed by atoms with Gasteiger partial charge in [-0.25, -0.2) is 0 Å². The second kappa shape index (κ2) is 9.42. The van der Waals surface area contributed by atoms with Crippen LogP contribution in [0.2, 0.25) is 0 Å². The topological polar surface area (TPSA) is 87.7 Å². The molecular weight excluding hydrogens is 352 g/mol. The van der Waals surface area contributed by atoms with Crippen molar-refractivity contribution >= 4 is 33.4 Å². The molecule has 0 saturated heterocycles. The van der Waals surface area contributed by atoms with Crippen LogP contribution in [0.3, 0.4) is 0 Å². The average molecular weight is 373 g/mol. The molecule has 1 unspecified atom stereocenters. The second-order valence-corrected chi connectivity index (χ2v) is 5.79. The van der Waals surface area contributed by atoms with Gasteiger partial charge in [0.05, 0.1) is 17.2 Å². The summed E-state index contributed by atoms with van der Waals surface area (Å²) in [4.78, 5) is 22.5. The predicted octanol–water partition coefficient (Wildman–Crippen LogP) is 2.06. The Bertz CT molecular complexity index is 520. The van der Waals surface area contributed by atoms with E-state index in [0.29, 0.717) is 30.9 Å². The summed E-state index contributed by atoms with van der Waals surface area (Å²) in [6.07, 6.45) is 0.339. The van der Waals surface area contributed by atoms with E-state index in [1.165, 1.54) is 6.92 Å². The molecule has 0 fully saturated rings. The Morgan fingerprint density at radius 3 is 2.77 bits per heavy atom. The lowest BCUT2D eigenvalue weighted by Crippen LogP contribution is -2.30. The Labute approximate surface area is 138 Å². The first-order chi connectivity index (χ1) is 10.4. The van der Waals surface area contributed by atoms with Crippen LogP contribution in [0.4, 0.5) is 5.69 Å². The minimum atomic E-state index is -0.548. The van der Waals surface area contributed by atoms with Crippen molar-refractivity contribution in [2.45, 2.75) is 32.8 Å². The molecule has 0 spiro atoms.